The van der Waals surface area contributed by atoms with E-state index in [1.165, 1.54) is 4.90 Å². The smallest absolute Gasteiger partial charge is 0.410 e. The molecule has 0 N–H and O–H groups in total. The highest BCUT2D eigenvalue weighted by molar-refractivity contribution is 5.91. The highest BCUT2D eigenvalue weighted by Gasteiger charge is 2.67. The molecule has 3 aliphatic rings. The van der Waals surface area contributed by atoms with Crippen molar-refractivity contribution in [2.75, 3.05) is 19.8 Å². The molecule has 2 saturated heterocycles. The monoisotopic (exact) mass is 396 g/mol. The van der Waals surface area contributed by atoms with Crippen LogP contribution in [0.25, 0.3) is 0 Å². The molecular formula is C19H28N2O7. The highest BCUT2D eigenvalue weighted by atomic mass is 16.7. The molecule has 0 saturated carbocycles. The van der Waals surface area contributed by atoms with Gasteiger partial charge in [-0.25, -0.2) is 4.79 Å². The van der Waals surface area contributed by atoms with Gasteiger partial charge in [-0.15, -0.1) is 0 Å². The number of carbonyl (C=O) groups is 2. The zero-order chi connectivity index (χ0) is 20.7. The molecular weight excluding hydrogens is 368 g/mol. The largest absolute Gasteiger partial charge is 0.444 e. The van der Waals surface area contributed by atoms with Crippen LogP contribution in [0.4, 0.5) is 4.79 Å². The van der Waals surface area contributed by atoms with E-state index in [-0.39, 0.29) is 25.8 Å². The summed E-state index contributed by atoms with van der Waals surface area (Å²) in [5, 5.41) is 12.4. The number of Topliss-reactive ketones (excluding diaryl/α,β-unsaturated/α-hetero) is 1. The minimum absolute atomic E-state index is 0.0769. The molecule has 0 aromatic heterocycles. The Labute approximate surface area is 164 Å². The molecule has 3 atom stereocenters. The van der Waals surface area contributed by atoms with Gasteiger partial charge in [-0.3, -0.25) is 19.8 Å². The predicted octanol–water partition coefficient (Wildman–Crippen LogP) is 2.31. The minimum Gasteiger partial charge on any atom is -0.444 e. The van der Waals surface area contributed by atoms with Crippen molar-refractivity contribution in [2.45, 2.75) is 70.4 Å². The maximum atomic E-state index is 13.0. The average Bonchev–Trinajstić information content (AvgIpc) is 3.05. The Morgan fingerprint density at radius 2 is 2.04 bits per heavy atom. The van der Waals surface area contributed by atoms with Gasteiger partial charge in [0.15, 0.2) is 6.29 Å². The molecule has 9 nitrogen and oxygen atoms in total. The lowest BCUT2D eigenvalue weighted by atomic mass is 9.64. The molecule has 2 fully saturated rings. The summed E-state index contributed by atoms with van der Waals surface area (Å²) >= 11 is 0. The Morgan fingerprint density at radius 1 is 1.39 bits per heavy atom. The SMILES string of the molecule is CC1=C[C@H](CC2OCCO2)[C@]2([N+](=O)[O-])C(=O)CCN(C(=O)OC(C)(C)C)[C@@H]2C1. The minimum atomic E-state index is -1.91. The van der Waals surface area contributed by atoms with E-state index in [2.05, 4.69) is 0 Å². The van der Waals surface area contributed by atoms with Crippen LogP contribution in [0.1, 0.15) is 47.0 Å². The molecule has 0 spiro atoms. The Bertz CT molecular complexity index is 693. The molecule has 156 valence electrons. The third-order valence-corrected chi connectivity index (χ3v) is 5.54. The van der Waals surface area contributed by atoms with E-state index in [4.69, 9.17) is 14.2 Å². The highest BCUT2D eigenvalue weighted by Crippen LogP contribution is 2.45. The quantitative estimate of drug-likeness (QED) is 0.409. The molecule has 0 aromatic rings. The number of rotatable bonds is 3. The van der Waals surface area contributed by atoms with Gasteiger partial charge in [0.25, 0.3) is 0 Å². The van der Waals surface area contributed by atoms with Gasteiger partial charge in [0, 0.05) is 24.3 Å². The first kappa shape index (κ1) is 20.7. The number of fused-ring (bicyclic) bond motifs is 1. The average molecular weight is 396 g/mol. The summed E-state index contributed by atoms with van der Waals surface area (Å²) < 4.78 is 16.4. The summed E-state index contributed by atoms with van der Waals surface area (Å²) in [5.41, 5.74) is -1.75. The first-order chi connectivity index (χ1) is 13.1. The second kappa shape index (κ2) is 7.44. The second-order valence-electron chi connectivity index (χ2n) is 8.68. The van der Waals surface area contributed by atoms with Gasteiger partial charge in [-0.1, -0.05) is 11.6 Å². The topological polar surface area (TPSA) is 108 Å². The Kier molecular flexibility index (Phi) is 5.51. The number of carbonyl (C=O) groups excluding carboxylic acids is 2. The van der Waals surface area contributed by atoms with E-state index in [0.29, 0.717) is 13.2 Å². The van der Waals surface area contributed by atoms with Crippen LogP contribution in [0.5, 0.6) is 0 Å². The molecule has 0 aromatic carbocycles. The second-order valence-corrected chi connectivity index (χ2v) is 8.68. The van der Waals surface area contributed by atoms with Gasteiger partial charge >= 0.3 is 11.6 Å². The summed E-state index contributed by atoms with van der Waals surface area (Å²) in [6.07, 6.45) is 0.942. The number of piperidine rings is 1. The van der Waals surface area contributed by atoms with Crippen molar-refractivity contribution in [2.24, 2.45) is 5.92 Å². The van der Waals surface area contributed by atoms with Gasteiger partial charge in [0.05, 0.1) is 19.1 Å². The number of hydrogen-bond acceptors (Lipinski definition) is 7. The van der Waals surface area contributed by atoms with Gasteiger partial charge in [0.2, 0.25) is 5.78 Å². The van der Waals surface area contributed by atoms with Crippen molar-refractivity contribution in [1.82, 2.24) is 4.90 Å². The molecule has 0 radical (unpaired) electrons. The van der Waals surface area contributed by atoms with E-state index in [1.807, 2.05) is 6.92 Å². The van der Waals surface area contributed by atoms with Crippen molar-refractivity contribution in [1.29, 1.82) is 0 Å². The molecule has 1 aliphatic carbocycles. The van der Waals surface area contributed by atoms with E-state index >= 15 is 0 Å². The fraction of sp³-hybridized carbons (Fsp3) is 0.789. The Hall–Kier alpha value is -2.00. The third-order valence-electron chi connectivity index (χ3n) is 5.54. The number of ether oxygens (including phenoxy) is 3. The van der Waals surface area contributed by atoms with Crippen molar-refractivity contribution in [3.05, 3.63) is 21.8 Å². The summed E-state index contributed by atoms with van der Waals surface area (Å²) in [6, 6.07) is -0.894. The van der Waals surface area contributed by atoms with E-state index in [1.54, 1.807) is 26.8 Å². The maximum Gasteiger partial charge on any atom is 0.410 e. The van der Waals surface area contributed by atoms with Crippen LogP contribution in [0.3, 0.4) is 0 Å². The summed E-state index contributed by atoms with van der Waals surface area (Å²) in [6.45, 7) is 8.04. The van der Waals surface area contributed by atoms with E-state index in [0.717, 1.165) is 5.57 Å². The lowest BCUT2D eigenvalue weighted by molar-refractivity contribution is -0.571. The van der Waals surface area contributed by atoms with Gasteiger partial charge in [-0.05, 0) is 34.1 Å². The number of amides is 1. The number of likely N-dealkylation sites (tertiary alicyclic amines) is 1. The van der Waals surface area contributed by atoms with Crippen LogP contribution in [0.2, 0.25) is 0 Å². The molecule has 3 rings (SSSR count). The maximum absolute atomic E-state index is 13.0. The molecule has 2 aliphatic heterocycles. The van der Waals surface area contributed by atoms with Gasteiger partial charge in [0.1, 0.15) is 11.6 Å². The zero-order valence-corrected chi connectivity index (χ0v) is 16.8. The Morgan fingerprint density at radius 3 is 2.61 bits per heavy atom. The lowest BCUT2D eigenvalue weighted by Gasteiger charge is -2.48. The fourth-order valence-electron chi connectivity index (χ4n) is 4.46. The zero-order valence-electron chi connectivity index (χ0n) is 16.8. The van der Waals surface area contributed by atoms with Crippen molar-refractivity contribution in [3.8, 4) is 0 Å². The van der Waals surface area contributed by atoms with Gasteiger partial charge < -0.3 is 14.2 Å². The molecule has 2 heterocycles. The standard InChI is InChI=1S/C19H28N2O7/c1-12-9-13(11-16-26-7-8-27-16)19(21(24)25)14(10-12)20(6-5-15(19)22)17(23)28-18(2,3)4/h9,13-14,16H,5-8,10-11H2,1-4H3/t13-,14-,19-/m1/s1. The van der Waals surface area contributed by atoms with Crippen LogP contribution in [-0.4, -0.2) is 64.9 Å². The fourth-order valence-corrected chi connectivity index (χ4v) is 4.46. The van der Waals surface area contributed by atoms with Crippen molar-refractivity contribution < 1.29 is 28.7 Å². The van der Waals surface area contributed by atoms with E-state index in [9.17, 15) is 19.7 Å². The first-order valence-corrected chi connectivity index (χ1v) is 9.63. The van der Waals surface area contributed by atoms with Crippen LogP contribution in [0, 0.1) is 16.0 Å². The predicted molar refractivity (Wildman–Crippen MR) is 98.3 cm³/mol. The number of hydrogen-bond donors (Lipinski definition) is 0. The molecule has 28 heavy (non-hydrogen) atoms. The normalized spacial score (nSPS) is 31.4. The van der Waals surface area contributed by atoms with Crippen LogP contribution >= 0.6 is 0 Å². The molecule has 1 amide bonds. The number of nitro groups is 1. The lowest BCUT2D eigenvalue weighted by Crippen LogP contribution is -2.71. The van der Waals surface area contributed by atoms with E-state index < -0.39 is 46.2 Å². The number of ketones is 1. The first-order valence-electron chi connectivity index (χ1n) is 9.63. The molecule has 0 bridgehead atoms. The van der Waals surface area contributed by atoms with Crippen LogP contribution < -0.4 is 0 Å². The summed E-state index contributed by atoms with van der Waals surface area (Å²) in [4.78, 5) is 39.0. The Balaban J connectivity index is 2.00. The summed E-state index contributed by atoms with van der Waals surface area (Å²) in [5.74, 6) is -1.17. The van der Waals surface area contributed by atoms with Crippen LogP contribution in [-0.2, 0) is 19.0 Å². The van der Waals surface area contributed by atoms with Crippen molar-refractivity contribution >= 4 is 11.9 Å². The van der Waals surface area contributed by atoms with Gasteiger partial charge in [-0.2, -0.15) is 0 Å². The van der Waals surface area contributed by atoms with Crippen LogP contribution in [0.15, 0.2) is 11.6 Å². The summed E-state index contributed by atoms with van der Waals surface area (Å²) in [7, 11) is 0. The molecule has 0 unspecified atom stereocenters. The number of nitrogens with zero attached hydrogens (tertiary/aromatic N) is 2. The third kappa shape index (κ3) is 3.65. The van der Waals surface area contributed by atoms with Crippen molar-refractivity contribution in [3.63, 3.8) is 0 Å². The molecule has 9 heteroatoms.